The van der Waals surface area contributed by atoms with Crippen LogP contribution in [0.1, 0.15) is 18.2 Å². The van der Waals surface area contributed by atoms with E-state index in [1.54, 1.807) is 51.7 Å². The minimum absolute atomic E-state index is 0.139. The maximum Gasteiger partial charge on any atom is 0.224 e. The van der Waals surface area contributed by atoms with E-state index in [0.29, 0.717) is 23.7 Å². The summed E-state index contributed by atoms with van der Waals surface area (Å²) in [6.07, 6.45) is 2.08. The average Bonchev–Trinajstić information content (AvgIpc) is 3.05. The Bertz CT molecular complexity index is 664. The van der Waals surface area contributed by atoms with Crippen LogP contribution in [0.25, 0.3) is 0 Å². The first-order chi connectivity index (χ1) is 11.4. The molecule has 0 saturated heterocycles. The highest BCUT2D eigenvalue weighted by Gasteiger charge is 2.23. The molecular formula is C18H23NO5. The van der Waals surface area contributed by atoms with Crippen molar-refractivity contribution in [3.8, 4) is 11.5 Å². The number of rotatable bonds is 8. The molecule has 0 bridgehead atoms. The van der Waals surface area contributed by atoms with Gasteiger partial charge in [-0.05, 0) is 36.8 Å². The molecule has 0 saturated carbocycles. The fraction of sp³-hybridized carbons (Fsp3) is 0.389. The molecule has 6 heteroatoms. The molecule has 2 N–H and O–H groups in total. The Balaban J connectivity index is 1.89. The van der Waals surface area contributed by atoms with Gasteiger partial charge in [-0.3, -0.25) is 4.79 Å². The zero-order chi connectivity index (χ0) is 17.6. The molecule has 0 fully saturated rings. The van der Waals surface area contributed by atoms with Gasteiger partial charge >= 0.3 is 0 Å². The summed E-state index contributed by atoms with van der Waals surface area (Å²) in [5.41, 5.74) is -0.277. The van der Waals surface area contributed by atoms with Gasteiger partial charge in [0.1, 0.15) is 5.76 Å². The smallest absolute Gasteiger partial charge is 0.224 e. The molecule has 1 atom stereocenters. The van der Waals surface area contributed by atoms with Crippen LogP contribution in [0.15, 0.2) is 41.0 Å². The van der Waals surface area contributed by atoms with Crippen LogP contribution in [0.3, 0.4) is 0 Å². The van der Waals surface area contributed by atoms with Crippen LogP contribution in [0.5, 0.6) is 11.5 Å². The lowest BCUT2D eigenvalue weighted by atomic mass is 10.0. The largest absolute Gasteiger partial charge is 0.493 e. The fourth-order valence-electron chi connectivity index (χ4n) is 2.38. The topological polar surface area (TPSA) is 80.9 Å². The van der Waals surface area contributed by atoms with Crippen molar-refractivity contribution in [3.63, 3.8) is 0 Å². The maximum absolute atomic E-state index is 12.1. The predicted molar refractivity (Wildman–Crippen MR) is 89.3 cm³/mol. The van der Waals surface area contributed by atoms with E-state index in [-0.39, 0.29) is 18.9 Å². The van der Waals surface area contributed by atoms with E-state index in [4.69, 9.17) is 13.9 Å². The number of hydrogen-bond donors (Lipinski definition) is 2. The standard InChI is InChI=1S/C18H23NO5/c1-18(21,11-14-5-4-8-24-14)12-19-17(20)10-13-6-7-15(22-2)16(9-13)23-3/h4-9,21H,10-12H2,1-3H3,(H,19,20)/t18-/m0/s1. The monoisotopic (exact) mass is 333 g/mol. The van der Waals surface area contributed by atoms with E-state index in [0.717, 1.165) is 5.56 Å². The second kappa shape index (κ2) is 7.88. The summed E-state index contributed by atoms with van der Waals surface area (Å²) < 4.78 is 15.6. The number of hydrogen-bond acceptors (Lipinski definition) is 5. The van der Waals surface area contributed by atoms with Gasteiger partial charge in [0.2, 0.25) is 5.91 Å². The van der Waals surface area contributed by atoms with Crippen LogP contribution in [-0.4, -0.2) is 37.4 Å². The van der Waals surface area contributed by atoms with Gasteiger partial charge in [0.05, 0.1) is 32.5 Å². The quantitative estimate of drug-likeness (QED) is 0.772. The Morgan fingerprint density at radius 1 is 1.25 bits per heavy atom. The summed E-state index contributed by atoms with van der Waals surface area (Å²) in [4.78, 5) is 12.1. The van der Waals surface area contributed by atoms with Crippen molar-refractivity contribution in [2.45, 2.75) is 25.4 Å². The first-order valence-electron chi connectivity index (χ1n) is 7.66. The van der Waals surface area contributed by atoms with Gasteiger partial charge in [0.25, 0.3) is 0 Å². The van der Waals surface area contributed by atoms with E-state index >= 15 is 0 Å². The molecule has 1 aromatic heterocycles. The number of nitrogens with one attached hydrogen (secondary N) is 1. The van der Waals surface area contributed by atoms with E-state index in [2.05, 4.69) is 5.32 Å². The summed E-state index contributed by atoms with van der Waals surface area (Å²) in [5, 5.41) is 13.1. The van der Waals surface area contributed by atoms with E-state index in [9.17, 15) is 9.90 Å². The lowest BCUT2D eigenvalue weighted by Crippen LogP contribution is -2.42. The molecule has 1 aromatic carbocycles. The van der Waals surface area contributed by atoms with E-state index in [1.165, 1.54) is 0 Å². The molecule has 2 rings (SSSR count). The van der Waals surface area contributed by atoms with Crippen LogP contribution in [0.4, 0.5) is 0 Å². The lowest BCUT2D eigenvalue weighted by molar-refractivity contribution is -0.121. The normalized spacial score (nSPS) is 13.2. The Morgan fingerprint density at radius 2 is 2.00 bits per heavy atom. The van der Waals surface area contributed by atoms with Gasteiger partial charge < -0.3 is 24.3 Å². The Labute approximate surface area is 141 Å². The van der Waals surface area contributed by atoms with Gasteiger partial charge in [-0.15, -0.1) is 0 Å². The molecular weight excluding hydrogens is 310 g/mol. The number of benzene rings is 1. The van der Waals surface area contributed by atoms with Gasteiger partial charge in [-0.25, -0.2) is 0 Å². The third kappa shape index (κ3) is 5.03. The van der Waals surface area contributed by atoms with Crippen molar-refractivity contribution in [2.24, 2.45) is 0 Å². The molecule has 0 aliphatic heterocycles. The molecule has 2 aromatic rings. The third-order valence-electron chi connectivity index (χ3n) is 3.61. The van der Waals surface area contributed by atoms with Gasteiger partial charge in [-0.1, -0.05) is 6.07 Å². The van der Waals surface area contributed by atoms with Crippen molar-refractivity contribution in [1.82, 2.24) is 5.32 Å². The van der Waals surface area contributed by atoms with Gasteiger partial charge in [-0.2, -0.15) is 0 Å². The second-order valence-electron chi connectivity index (χ2n) is 5.90. The van der Waals surface area contributed by atoms with Crippen LogP contribution >= 0.6 is 0 Å². The zero-order valence-electron chi connectivity index (χ0n) is 14.2. The highest BCUT2D eigenvalue weighted by molar-refractivity contribution is 5.78. The molecule has 1 heterocycles. The number of carbonyl (C=O) groups excluding carboxylic acids is 1. The molecule has 0 aliphatic carbocycles. The second-order valence-corrected chi connectivity index (χ2v) is 5.90. The Morgan fingerprint density at radius 3 is 2.62 bits per heavy atom. The molecule has 130 valence electrons. The predicted octanol–water partition coefficient (Wildman–Crippen LogP) is 1.95. The molecule has 1 amide bonds. The molecule has 0 spiro atoms. The maximum atomic E-state index is 12.1. The summed E-state index contributed by atoms with van der Waals surface area (Å²) in [5.74, 6) is 1.69. The van der Waals surface area contributed by atoms with Crippen molar-refractivity contribution in [2.75, 3.05) is 20.8 Å². The zero-order valence-corrected chi connectivity index (χ0v) is 14.2. The average molecular weight is 333 g/mol. The summed E-state index contributed by atoms with van der Waals surface area (Å²) in [6, 6.07) is 8.89. The molecule has 6 nitrogen and oxygen atoms in total. The Kier molecular flexibility index (Phi) is 5.87. The minimum Gasteiger partial charge on any atom is -0.493 e. The van der Waals surface area contributed by atoms with E-state index in [1.807, 2.05) is 6.07 Å². The molecule has 0 aliphatic rings. The van der Waals surface area contributed by atoms with Gasteiger partial charge in [0, 0.05) is 13.0 Å². The SMILES string of the molecule is COc1ccc(CC(=O)NC[C@@](C)(O)Cc2ccco2)cc1OC. The first kappa shape index (κ1) is 17.9. The number of carbonyl (C=O) groups is 1. The van der Waals surface area contributed by atoms with Crippen LogP contribution < -0.4 is 14.8 Å². The highest BCUT2D eigenvalue weighted by Crippen LogP contribution is 2.27. The number of ether oxygens (including phenoxy) is 2. The number of methoxy groups -OCH3 is 2. The van der Waals surface area contributed by atoms with Crippen molar-refractivity contribution >= 4 is 5.91 Å². The number of amides is 1. The van der Waals surface area contributed by atoms with Crippen molar-refractivity contribution in [1.29, 1.82) is 0 Å². The summed E-state index contributed by atoms with van der Waals surface area (Å²) in [6.45, 7) is 1.80. The van der Waals surface area contributed by atoms with Crippen LogP contribution in [0.2, 0.25) is 0 Å². The molecule has 0 unspecified atom stereocenters. The Hall–Kier alpha value is -2.47. The molecule has 24 heavy (non-hydrogen) atoms. The molecule has 0 radical (unpaired) electrons. The van der Waals surface area contributed by atoms with Crippen molar-refractivity contribution < 1.29 is 23.8 Å². The number of furan rings is 1. The third-order valence-corrected chi connectivity index (χ3v) is 3.61. The summed E-state index contributed by atoms with van der Waals surface area (Å²) >= 11 is 0. The van der Waals surface area contributed by atoms with Crippen LogP contribution in [-0.2, 0) is 17.6 Å². The van der Waals surface area contributed by atoms with E-state index < -0.39 is 5.60 Å². The fourth-order valence-corrected chi connectivity index (χ4v) is 2.38. The van der Waals surface area contributed by atoms with Gasteiger partial charge in [0.15, 0.2) is 11.5 Å². The van der Waals surface area contributed by atoms with Crippen LogP contribution in [0, 0.1) is 0 Å². The first-order valence-corrected chi connectivity index (χ1v) is 7.66. The minimum atomic E-state index is -1.08. The highest BCUT2D eigenvalue weighted by atomic mass is 16.5. The van der Waals surface area contributed by atoms with Crippen molar-refractivity contribution in [3.05, 3.63) is 47.9 Å². The lowest BCUT2D eigenvalue weighted by Gasteiger charge is -2.22. The number of aliphatic hydroxyl groups is 1. The summed E-state index contributed by atoms with van der Waals surface area (Å²) in [7, 11) is 3.11.